The van der Waals surface area contributed by atoms with Crippen LogP contribution in [0.15, 0.2) is 38.4 Å². The Labute approximate surface area is 193 Å². The first-order valence-electron chi connectivity index (χ1n) is 10.9. The van der Waals surface area contributed by atoms with Crippen LogP contribution < -0.4 is 11.2 Å². The van der Waals surface area contributed by atoms with Crippen LogP contribution in [0.2, 0.25) is 5.28 Å². The highest BCUT2D eigenvalue weighted by molar-refractivity contribution is 6.28. The molecule has 33 heavy (non-hydrogen) atoms. The Bertz CT molecular complexity index is 1370. The topological polar surface area (TPSA) is 112 Å². The van der Waals surface area contributed by atoms with E-state index in [1.807, 2.05) is 0 Å². The van der Waals surface area contributed by atoms with Gasteiger partial charge in [-0.05, 0) is 49.1 Å². The molecule has 9 nitrogen and oxygen atoms in total. The maximum atomic E-state index is 13.4. The molecule has 3 heterocycles. The highest BCUT2D eigenvalue weighted by atomic mass is 35.5. The summed E-state index contributed by atoms with van der Waals surface area (Å²) in [4.78, 5) is 37.1. The second-order valence-corrected chi connectivity index (χ2v) is 8.17. The second-order valence-electron chi connectivity index (χ2n) is 7.81. The fraction of sp³-hybridized carbons (Fsp3) is 0.409. The van der Waals surface area contributed by atoms with Gasteiger partial charge >= 0.3 is 5.69 Å². The summed E-state index contributed by atoms with van der Waals surface area (Å²) in [5, 5.41) is 4.01. The third-order valence-electron chi connectivity index (χ3n) is 5.39. The molecule has 4 aromatic rings. The van der Waals surface area contributed by atoms with Crippen LogP contribution in [-0.2, 0) is 19.5 Å². The van der Waals surface area contributed by atoms with Gasteiger partial charge in [-0.15, -0.1) is 0 Å². The summed E-state index contributed by atoms with van der Waals surface area (Å²) in [6, 6.07) is 5.93. The number of benzene rings is 1. The molecule has 0 fully saturated rings. The lowest BCUT2D eigenvalue weighted by Gasteiger charge is -2.11. The van der Waals surface area contributed by atoms with Crippen molar-refractivity contribution in [3.05, 3.63) is 62.0 Å². The molecule has 0 unspecified atom stereocenters. The van der Waals surface area contributed by atoms with Crippen molar-refractivity contribution in [2.45, 2.75) is 58.5 Å². The Balaban J connectivity index is 1.45. The van der Waals surface area contributed by atoms with Gasteiger partial charge in [0.1, 0.15) is 5.82 Å². The van der Waals surface area contributed by atoms with Gasteiger partial charge in [-0.25, -0.2) is 9.18 Å². The zero-order valence-corrected chi connectivity index (χ0v) is 18.9. The lowest BCUT2D eigenvalue weighted by molar-refractivity contribution is 0.420. The Morgan fingerprint density at radius 3 is 2.67 bits per heavy atom. The molecule has 3 aromatic heterocycles. The van der Waals surface area contributed by atoms with E-state index in [4.69, 9.17) is 16.1 Å². The minimum Gasteiger partial charge on any atom is -0.334 e. The number of nitrogens with zero attached hydrogens (tertiary/aromatic N) is 5. The molecule has 0 radical (unpaired) electrons. The molecule has 0 atom stereocenters. The molecule has 0 amide bonds. The van der Waals surface area contributed by atoms with E-state index in [1.54, 1.807) is 12.1 Å². The predicted octanol–water partition coefficient (Wildman–Crippen LogP) is 3.94. The average molecular weight is 475 g/mol. The van der Waals surface area contributed by atoms with Crippen LogP contribution in [0.4, 0.5) is 4.39 Å². The largest absolute Gasteiger partial charge is 0.334 e. The molecule has 1 N–H and O–H groups in total. The minimum atomic E-state index is -0.436. The lowest BCUT2D eigenvalue weighted by Crippen LogP contribution is -2.40. The van der Waals surface area contributed by atoms with Gasteiger partial charge in [0.25, 0.3) is 11.4 Å². The number of aryl methyl sites for hydroxylation is 2. The standard InChI is InChI=1S/C22H24ClFN6O3/c1-2-3-5-11-29-18-17(26-21(23)27-18)20(31)30(22(29)32)12-6-4-10-16-25-19(33-28-16)14-8-7-9-15(24)13-14/h7-9,13H,2-6,10-12H2,1H3,(H,26,27). The molecule has 174 valence electrons. The number of hydrogen-bond donors (Lipinski definition) is 1. The van der Waals surface area contributed by atoms with Crippen LogP contribution >= 0.6 is 11.6 Å². The van der Waals surface area contributed by atoms with Crippen molar-refractivity contribution in [2.75, 3.05) is 0 Å². The van der Waals surface area contributed by atoms with E-state index in [0.29, 0.717) is 42.8 Å². The summed E-state index contributed by atoms with van der Waals surface area (Å²) < 4.78 is 21.3. The molecule has 4 rings (SSSR count). The smallest absolute Gasteiger partial charge is 0.332 e. The number of fused-ring (bicyclic) bond motifs is 1. The molecule has 0 aliphatic rings. The summed E-state index contributed by atoms with van der Waals surface area (Å²) in [5.41, 5.74) is 0.206. The van der Waals surface area contributed by atoms with E-state index >= 15 is 0 Å². The van der Waals surface area contributed by atoms with Gasteiger partial charge in [-0.2, -0.15) is 9.97 Å². The maximum absolute atomic E-state index is 13.4. The fourth-order valence-electron chi connectivity index (χ4n) is 3.70. The van der Waals surface area contributed by atoms with Crippen LogP contribution in [-0.4, -0.2) is 29.2 Å². The summed E-state index contributed by atoms with van der Waals surface area (Å²) >= 11 is 5.97. The normalized spacial score (nSPS) is 11.5. The predicted molar refractivity (Wildman–Crippen MR) is 122 cm³/mol. The molecule has 0 saturated carbocycles. The van der Waals surface area contributed by atoms with Gasteiger partial charge in [0, 0.05) is 25.1 Å². The molecular weight excluding hydrogens is 451 g/mol. The monoisotopic (exact) mass is 474 g/mol. The van der Waals surface area contributed by atoms with E-state index in [2.05, 4.69) is 27.0 Å². The number of unbranched alkanes of at least 4 members (excludes halogenated alkanes) is 3. The van der Waals surface area contributed by atoms with Crippen LogP contribution in [0.1, 0.15) is 44.9 Å². The van der Waals surface area contributed by atoms with Crippen molar-refractivity contribution in [2.24, 2.45) is 0 Å². The Morgan fingerprint density at radius 1 is 1.09 bits per heavy atom. The first-order valence-corrected chi connectivity index (χ1v) is 11.3. The van der Waals surface area contributed by atoms with E-state index in [-0.39, 0.29) is 34.7 Å². The summed E-state index contributed by atoms with van der Waals surface area (Å²) in [6.07, 6.45) is 4.46. The molecule has 11 heteroatoms. The van der Waals surface area contributed by atoms with E-state index in [9.17, 15) is 14.0 Å². The minimum absolute atomic E-state index is 0.0784. The van der Waals surface area contributed by atoms with Gasteiger partial charge in [0.2, 0.25) is 5.28 Å². The Morgan fingerprint density at radius 2 is 1.88 bits per heavy atom. The quantitative estimate of drug-likeness (QED) is 0.275. The van der Waals surface area contributed by atoms with E-state index < -0.39 is 5.56 Å². The van der Waals surface area contributed by atoms with Gasteiger partial charge in [0.15, 0.2) is 17.0 Å². The third kappa shape index (κ3) is 5.05. The third-order valence-corrected chi connectivity index (χ3v) is 5.57. The highest BCUT2D eigenvalue weighted by Gasteiger charge is 2.17. The van der Waals surface area contributed by atoms with Gasteiger partial charge in [-0.1, -0.05) is 31.0 Å². The van der Waals surface area contributed by atoms with Gasteiger partial charge in [-0.3, -0.25) is 13.9 Å². The Hall–Kier alpha value is -3.27. The van der Waals surface area contributed by atoms with Crippen molar-refractivity contribution >= 4 is 22.8 Å². The van der Waals surface area contributed by atoms with Gasteiger partial charge in [0.05, 0.1) is 0 Å². The average Bonchev–Trinajstić information content (AvgIpc) is 3.42. The zero-order valence-electron chi connectivity index (χ0n) is 18.2. The fourth-order valence-corrected chi connectivity index (χ4v) is 3.88. The van der Waals surface area contributed by atoms with Crippen molar-refractivity contribution in [3.63, 3.8) is 0 Å². The number of aromatic amines is 1. The van der Waals surface area contributed by atoms with Crippen LogP contribution in [0.5, 0.6) is 0 Å². The van der Waals surface area contributed by atoms with Crippen molar-refractivity contribution in [1.82, 2.24) is 29.2 Å². The van der Waals surface area contributed by atoms with E-state index in [1.165, 1.54) is 21.3 Å². The molecule has 1 aromatic carbocycles. The Kier molecular flexibility index (Phi) is 7.02. The summed E-state index contributed by atoms with van der Waals surface area (Å²) in [7, 11) is 0. The van der Waals surface area contributed by atoms with Crippen molar-refractivity contribution in [3.8, 4) is 11.5 Å². The number of nitrogens with one attached hydrogen (secondary N) is 1. The summed E-state index contributed by atoms with van der Waals surface area (Å²) in [6.45, 7) is 2.79. The van der Waals surface area contributed by atoms with Crippen LogP contribution in [0, 0.1) is 5.82 Å². The second kappa shape index (κ2) is 10.1. The van der Waals surface area contributed by atoms with Crippen molar-refractivity contribution in [1.29, 1.82) is 0 Å². The highest BCUT2D eigenvalue weighted by Crippen LogP contribution is 2.18. The van der Waals surface area contributed by atoms with Crippen LogP contribution in [0.25, 0.3) is 22.6 Å². The molecule has 0 aliphatic heterocycles. The number of imidazole rings is 1. The molecule has 0 spiro atoms. The number of rotatable bonds is 10. The molecule has 0 bridgehead atoms. The number of halogens is 2. The SMILES string of the molecule is CCCCCn1c(=O)n(CCCCc2noc(-c3cccc(F)c3)n2)c(=O)c2[nH]c(Cl)nc21. The summed E-state index contributed by atoms with van der Waals surface area (Å²) in [5.74, 6) is 0.347. The number of hydrogen-bond acceptors (Lipinski definition) is 6. The van der Waals surface area contributed by atoms with Crippen molar-refractivity contribution < 1.29 is 8.91 Å². The van der Waals surface area contributed by atoms with Gasteiger partial charge < -0.3 is 9.51 Å². The first kappa shape index (κ1) is 22.9. The van der Waals surface area contributed by atoms with Crippen LogP contribution in [0.3, 0.4) is 0 Å². The zero-order chi connectivity index (χ0) is 23.4. The molecule has 0 aliphatic carbocycles. The molecular formula is C22H24ClFN6O3. The first-order chi connectivity index (χ1) is 16.0. The maximum Gasteiger partial charge on any atom is 0.332 e. The molecule has 0 saturated heterocycles. The lowest BCUT2D eigenvalue weighted by atomic mass is 10.2. The number of H-pyrrole nitrogens is 1. The van der Waals surface area contributed by atoms with E-state index in [0.717, 1.165) is 19.3 Å². The number of aromatic nitrogens is 6.